The molecule has 0 radical (unpaired) electrons. The van der Waals surface area contributed by atoms with Crippen LogP contribution in [0.5, 0.6) is 0 Å². The van der Waals surface area contributed by atoms with Crippen molar-refractivity contribution in [2.45, 2.75) is 18.3 Å². The van der Waals surface area contributed by atoms with Gasteiger partial charge >= 0.3 is 5.97 Å². The molecule has 2 bridgehead atoms. The first-order chi connectivity index (χ1) is 15.2. The molecule has 5 heteroatoms. The van der Waals surface area contributed by atoms with Gasteiger partial charge in [0.25, 0.3) is 0 Å². The highest BCUT2D eigenvalue weighted by Crippen LogP contribution is 2.53. The van der Waals surface area contributed by atoms with Gasteiger partial charge in [-0.05, 0) is 17.0 Å². The van der Waals surface area contributed by atoms with Gasteiger partial charge in [0.2, 0.25) is 5.91 Å². The first-order valence-electron chi connectivity index (χ1n) is 10.5. The first-order valence-corrected chi connectivity index (χ1v) is 10.5. The largest absolute Gasteiger partial charge is 0.460 e. The van der Waals surface area contributed by atoms with Crippen LogP contribution in [0.3, 0.4) is 0 Å². The number of anilines is 1. The maximum Gasteiger partial charge on any atom is 0.313 e. The molecule has 0 unspecified atom stereocenters. The zero-order valence-corrected chi connectivity index (χ0v) is 16.8. The quantitative estimate of drug-likeness (QED) is 0.483. The number of carbonyl (C=O) groups excluding carboxylic acids is 2. The van der Waals surface area contributed by atoms with E-state index in [0.717, 1.165) is 22.0 Å². The molecule has 1 amide bonds. The van der Waals surface area contributed by atoms with Crippen LogP contribution in [0, 0.1) is 11.8 Å². The van der Waals surface area contributed by atoms with Gasteiger partial charge in [-0.15, -0.1) is 0 Å². The molecule has 3 aliphatic rings. The molecule has 6 rings (SSSR count). The molecule has 154 valence electrons. The maximum atomic E-state index is 13.6. The lowest BCUT2D eigenvalue weighted by molar-refractivity contribution is -0.153. The number of rotatable bonds is 4. The minimum atomic E-state index is -0.769. The van der Waals surface area contributed by atoms with Crippen LogP contribution in [0.15, 0.2) is 84.9 Å². The summed E-state index contributed by atoms with van der Waals surface area (Å²) in [7, 11) is 0. The van der Waals surface area contributed by atoms with Gasteiger partial charge < -0.3 is 14.4 Å². The molecular weight excluding hydrogens is 390 g/mol. The Morgan fingerprint density at radius 3 is 2.68 bits per heavy atom. The molecular formula is C26H21NO4. The van der Waals surface area contributed by atoms with Crippen LogP contribution in [0.4, 0.5) is 5.69 Å². The summed E-state index contributed by atoms with van der Waals surface area (Å²) in [5.74, 6) is -1.64. The minimum absolute atomic E-state index is 0.0788. The zero-order valence-electron chi connectivity index (χ0n) is 16.8. The van der Waals surface area contributed by atoms with Crippen molar-refractivity contribution in [3.05, 3.63) is 90.5 Å². The molecule has 3 aromatic rings. The summed E-state index contributed by atoms with van der Waals surface area (Å²) in [6, 6.07) is 23.5. The molecule has 3 aliphatic heterocycles. The fourth-order valence-electron chi connectivity index (χ4n) is 5.24. The summed E-state index contributed by atoms with van der Waals surface area (Å²) in [5.41, 5.74) is 0.999. The Morgan fingerprint density at radius 2 is 1.81 bits per heavy atom. The highest BCUT2D eigenvalue weighted by atomic mass is 16.6. The van der Waals surface area contributed by atoms with Crippen LogP contribution in [-0.2, 0) is 25.7 Å². The molecule has 3 aromatic carbocycles. The molecule has 31 heavy (non-hydrogen) atoms. The zero-order chi connectivity index (χ0) is 21.0. The molecule has 5 nitrogen and oxygen atoms in total. The normalized spacial score (nSPS) is 28.3. The van der Waals surface area contributed by atoms with Crippen molar-refractivity contribution in [1.29, 1.82) is 0 Å². The second kappa shape index (κ2) is 6.79. The molecule has 0 saturated carbocycles. The SMILES string of the molecule is O=C(OCc1ccccc1)[C@@H]1[C@H]2C(=O)N(c3cccc4ccccc34)C[C@@]23C=C[C@H]1O3. The van der Waals surface area contributed by atoms with E-state index in [9.17, 15) is 9.59 Å². The van der Waals surface area contributed by atoms with E-state index in [-0.39, 0.29) is 18.5 Å². The Bertz CT molecular complexity index is 1220. The smallest absolute Gasteiger partial charge is 0.313 e. The van der Waals surface area contributed by atoms with Gasteiger partial charge in [0.15, 0.2) is 0 Å². The minimum Gasteiger partial charge on any atom is -0.460 e. The summed E-state index contributed by atoms with van der Waals surface area (Å²) in [4.78, 5) is 28.4. The summed E-state index contributed by atoms with van der Waals surface area (Å²) < 4.78 is 11.8. The number of benzene rings is 3. The van der Waals surface area contributed by atoms with Crippen LogP contribution < -0.4 is 4.90 Å². The Labute approximate surface area is 179 Å². The second-order valence-electron chi connectivity index (χ2n) is 8.42. The third kappa shape index (κ3) is 2.73. The average molecular weight is 411 g/mol. The number of ether oxygens (including phenoxy) is 2. The van der Waals surface area contributed by atoms with E-state index in [4.69, 9.17) is 9.47 Å². The molecule has 2 saturated heterocycles. The van der Waals surface area contributed by atoms with E-state index in [1.165, 1.54) is 0 Å². The van der Waals surface area contributed by atoms with Crippen LogP contribution in [-0.4, -0.2) is 30.1 Å². The molecule has 0 N–H and O–H groups in total. The van der Waals surface area contributed by atoms with Gasteiger partial charge in [0.05, 0.1) is 24.3 Å². The fraction of sp³-hybridized carbons (Fsp3) is 0.231. The molecule has 3 heterocycles. The van der Waals surface area contributed by atoms with Crippen molar-refractivity contribution in [3.63, 3.8) is 0 Å². The maximum absolute atomic E-state index is 13.6. The first kappa shape index (κ1) is 18.3. The molecule has 4 atom stereocenters. The van der Waals surface area contributed by atoms with Gasteiger partial charge in [-0.1, -0.05) is 78.9 Å². The second-order valence-corrected chi connectivity index (χ2v) is 8.42. The number of nitrogens with zero attached hydrogens (tertiary/aromatic N) is 1. The summed E-state index contributed by atoms with van der Waals surface area (Å²) in [6.45, 7) is 0.591. The van der Waals surface area contributed by atoms with E-state index < -0.39 is 23.5 Å². The predicted molar refractivity (Wildman–Crippen MR) is 116 cm³/mol. The van der Waals surface area contributed by atoms with E-state index >= 15 is 0 Å². The summed E-state index contributed by atoms with van der Waals surface area (Å²) in [6.07, 6.45) is 3.46. The van der Waals surface area contributed by atoms with Crippen molar-refractivity contribution >= 4 is 28.3 Å². The Balaban J connectivity index is 1.30. The van der Waals surface area contributed by atoms with Crippen molar-refractivity contribution in [1.82, 2.24) is 0 Å². The standard InChI is InChI=1S/C26H21NO4/c28-24-23-22(25(29)30-15-17-7-2-1-3-8-17)21-13-14-26(23,31-21)16-27(24)20-12-6-10-18-9-4-5-11-19(18)20/h1-14,21-23H,15-16H2/t21-,22+,23+,26+/m1/s1. The van der Waals surface area contributed by atoms with Gasteiger partial charge in [-0.25, -0.2) is 0 Å². The van der Waals surface area contributed by atoms with Crippen LogP contribution in [0.25, 0.3) is 10.8 Å². The number of hydrogen-bond donors (Lipinski definition) is 0. The van der Waals surface area contributed by atoms with Crippen LogP contribution in [0.2, 0.25) is 0 Å². The lowest BCUT2D eigenvalue weighted by Gasteiger charge is -2.23. The average Bonchev–Trinajstić information content (AvgIpc) is 3.46. The van der Waals surface area contributed by atoms with E-state index in [1.807, 2.05) is 84.9 Å². The van der Waals surface area contributed by atoms with Crippen molar-refractivity contribution in [3.8, 4) is 0 Å². The number of esters is 1. The summed E-state index contributed by atoms with van der Waals surface area (Å²) >= 11 is 0. The Morgan fingerprint density at radius 1 is 1.03 bits per heavy atom. The van der Waals surface area contributed by atoms with Crippen molar-refractivity contribution in [2.24, 2.45) is 11.8 Å². The van der Waals surface area contributed by atoms with E-state index in [0.29, 0.717) is 6.54 Å². The van der Waals surface area contributed by atoms with Gasteiger partial charge in [-0.3, -0.25) is 9.59 Å². The number of carbonyl (C=O) groups is 2. The van der Waals surface area contributed by atoms with Crippen molar-refractivity contribution in [2.75, 3.05) is 11.4 Å². The van der Waals surface area contributed by atoms with Crippen LogP contribution >= 0.6 is 0 Å². The van der Waals surface area contributed by atoms with Gasteiger partial charge in [0.1, 0.15) is 18.1 Å². The fourth-order valence-corrected chi connectivity index (χ4v) is 5.24. The van der Waals surface area contributed by atoms with Crippen molar-refractivity contribution < 1.29 is 19.1 Å². The third-order valence-electron chi connectivity index (χ3n) is 6.65. The predicted octanol–water partition coefficient (Wildman–Crippen LogP) is 3.87. The molecule has 0 aliphatic carbocycles. The Kier molecular flexibility index (Phi) is 4.02. The topological polar surface area (TPSA) is 55.8 Å². The van der Waals surface area contributed by atoms with E-state index in [2.05, 4.69) is 0 Å². The third-order valence-corrected chi connectivity index (χ3v) is 6.65. The molecule has 2 fully saturated rings. The Hall–Kier alpha value is -3.44. The van der Waals surface area contributed by atoms with Gasteiger partial charge in [-0.2, -0.15) is 0 Å². The number of fused-ring (bicyclic) bond motifs is 2. The lowest BCUT2D eigenvalue weighted by Crippen LogP contribution is -2.40. The lowest BCUT2D eigenvalue weighted by atomic mass is 9.77. The monoisotopic (exact) mass is 411 g/mol. The number of amides is 1. The number of hydrogen-bond acceptors (Lipinski definition) is 4. The van der Waals surface area contributed by atoms with E-state index in [1.54, 1.807) is 4.90 Å². The van der Waals surface area contributed by atoms with Crippen LogP contribution in [0.1, 0.15) is 5.56 Å². The summed E-state index contributed by atoms with van der Waals surface area (Å²) in [5, 5.41) is 2.08. The highest BCUT2D eigenvalue weighted by molar-refractivity contribution is 6.08. The van der Waals surface area contributed by atoms with Gasteiger partial charge in [0, 0.05) is 5.39 Å². The highest BCUT2D eigenvalue weighted by Gasteiger charge is 2.67. The molecule has 0 aromatic heterocycles. The molecule has 1 spiro atoms.